The van der Waals surface area contributed by atoms with Crippen molar-refractivity contribution < 1.29 is 9.53 Å². The third-order valence-corrected chi connectivity index (χ3v) is 2.61. The number of aromatic nitrogens is 2. The summed E-state index contributed by atoms with van der Waals surface area (Å²) in [6, 6.07) is 9.81. The van der Waals surface area contributed by atoms with Crippen LogP contribution in [-0.2, 0) is 16.1 Å². The van der Waals surface area contributed by atoms with Gasteiger partial charge in [-0.15, -0.1) is 0 Å². The van der Waals surface area contributed by atoms with Crippen molar-refractivity contribution in [2.45, 2.75) is 20.5 Å². The topological polar surface area (TPSA) is 44.1 Å². The highest BCUT2D eigenvalue weighted by Gasteiger charge is 2.10. The highest BCUT2D eigenvalue weighted by Crippen LogP contribution is 2.13. The minimum absolute atomic E-state index is 0.133. The van der Waals surface area contributed by atoms with Crippen molar-refractivity contribution >= 4 is 5.97 Å². The fourth-order valence-electron chi connectivity index (χ4n) is 1.71. The van der Waals surface area contributed by atoms with Gasteiger partial charge in [-0.05, 0) is 26.0 Å². The average Bonchev–Trinajstić information content (AvgIpc) is 2.78. The first-order valence-electron chi connectivity index (χ1n) is 6.01. The Hall–Kier alpha value is -2.36. The number of para-hydroxylation sites is 1. The molecular formula is C15H16N2O2. The van der Waals surface area contributed by atoms with E-state index in [1.807, 2.05) is 48.0 Å². The molecule has 1 heterocycles. The van der Waals surface area contributed by atoms with E-state index in [4.69, 9.17) is 4.74 Å². The molecule has 0 aliphatic heterocycles. The van der Waals surface area contributed by atoms with E-state index in [0.717, 1.165) is 11.4 Å². The zero-order valence-corrected chi connectivity index (χ0v) is 11.1. The van der Waals surface area contributed by atoms with E-state index in [-0.39, 0.29) is 6.61 Å². The van der Waals surface area contributed by atoms with Crippen molar-refractivity contribution in [1.82, 2.24) is 9.55 Å². The van der Waals surface area contributed by atoms with Crippen molar-refractivity contribution in [1.29, 1.82) is 0 Å². The lowest BCUT2D eigenvalue weighted by Gasteiger charge is -2.08. The Morgan fingerprint density at radius 1 is 1.37 bits per heavy atom. The van der Waals surface area contributed by atoms with Crippen LogP contribution >= 0.6 is 0 Å². The van der Waals surface area contributed by atoms with Crippen LogP contribution in [0.25, 0.3) is 5.69 Å². The number of ether oxygens (including phenoxy) is 1. The smallest absolute Gasteiger partial charge is 0.333 e. The van der Waals surface area contributed by atoms with E-state index < -0.39 is 5.97 Å². The summed E-state index contributed by atoms with van der Waals surface area (Å²) >= 11 is 0. The van der Waals surface area contributed by atoms with Gasteiger partial charge in [0.2, 0.25) is 0 Å². The molecule has 0 saturated carbocycles. The molecule has 1 aromatic carbocycles. The first-order valence-corrected chi connectivity index (χ1v) is 6.01. The van der Waals surface area contributed by atoms with Gasteiger partial charge in [0, 0.05) is 17.5 Å². The van der Waals surface area contributed by atoms with E-state index in [2.05, 4.69) is 11.6 Å². The minimum atomic E-state index is -0.403. The van der Waals surface area contributed by atoms with E-state index in [0.29, 0.717) is 11.4 Å². The van der Waals surface area contributed by atoms with Crippen LogP contribution in [-0.4, -0.2) is 15.5 Å². The van der Waals surface area contributed by atoms with E-state index in [1.54, 1.807) is 6.92 Å². The highest BCUT2D eigenvalue weighted by molar-refractivity contribution is 5.86. The predicted molar refractivity (Wildman–Crippen MR) is 72.9 cm³/mol. The normalized spacial score (nSPS) is 10.2. The van der Waals surface area contributed by atoms with Gasteiger partial charge in [-0.25, -0.2) is 9.78 Å². The van der Waals surface area contributed by atoms with Gasteiger partial charge in [-0.3, -0.25) is 0 Å². The first-order chi connectivity index (χ1) is 9.08. The maximum Gasteiger partial charge on any atom is 0.333 e. The number of esters is 1. The van der Waals surface area contributed by atoms with Crippen LogP contribution in [0.15, 0.2) is 48.7 Å². The molecule has 0 aliphatic carbocycles. The van der Waals surface area contributed by atoms with Crippen LogP contribution < -0.4 is 0 Å². The van der Waals surface area contributed by atoms with E-state index >= 15 is 0 Å². The van der Waals surface area contributed by atoms with Crippen LogP contribution in [0.1, 0.15) is 18.4 Å². The predicted octanol–water partition coefficient (Wildman–Crippen LogP) is 2.80. The third-order valence-electron chi connectivity index (χ3n) is 2.61. The Kier molecular flexibility index (Phi) is 3.80. The number of hydrogen-bond acceptors (Lipinski definition) is 3. The molecule has 0 bridgehead atoms. The van der Waals surface area contributed by atoms with E-state index in [9.17, 15) is 4.79 Å². The number of carbonyl (C=O) groups is 1. The molecular weight excluding hydrogens is 240 g/mol. The number of benzene rings is 1. The molecule has 4 nitrogen and oxygen atoms in total. The molecule has 0 spiro atoms. The monoisotopic (exact) mass is 256 g/mol. The second-order valence-electron chi connectivity index (χ2n) is 4.36. The Labute approximate surface area is 112 Å². The number of aryl methyl sites for hydroxylation is 1. The van der Waals surface area contributed by atoms with Gasteiger partial charge in [0.25, 0.3) is 0 Å². The summed E-state index contributed by atoms with van der Waals surface area (Å²) in [5.74, 6) is 0.290. The molecule has 2 aromatic rings. The molecule has 2 rings (SSSR count). The van der Waals surface area contributed by atoms with Crippen LogP contribution in [0.4, 0.5) is 0 Å². The molecule has 0 N–H and O–H groups in total. The Morgan fingerprint density at radius 3 is 2.68 bits per heavy atom. The molecule has 0 unspecified atom stereocenters. The summed E-state index contributed by atoms with van der Waals surface area (Å²) in [5.41, 5.74) is 2.25. The molecule has 0 atom stereocenters. The summed E-state index contributed by atoms with van der Waals surface area (Å²) in [4.78, 5) is 15.8. The molecule has 0 saturated heterocycles. The maximum atomic E-state index is 11.4. The lowest BCUT2D eigenvalue weighted by molar-refractivity contribution is -0.140. The second-order valence-corrected chi connectivity index (χ2v) is 4.36. The zero-order valence-electron chi connectivity index (χ0n) is 11.1. The SMILES string of the molecule is C=C(C)C(=O)OCc1nc(C)cn1-c1ccccc1. The minimum Gasteiger partial charge on any atom is -0.454 e. The fourth-order valence-corrected chi connectivity index (χ4v) is 1.71. The van der Waals surface area contributed by atoms with Crippen molar-refractivity contribution in [2.24, 2.45) is 0 Å². The lowest BCUT2D eigenvalue weighted by atomic mass is 10.3. The molecule has 1 aromatic heterocycles. The zero-order chi connectivity index (χ0) is 13.8. The summed E-state index contributed by atoms with van der Waals surface area (Å²) in [7, 11) is 0. The van der Waals surface area contributed by atoms with Gasteiger partial charge in [0.1, 0.15) is 6.61 Å². The third kappa shape index (κ3) is 3.10. The average molecular weight is 256 g/mol. The van der Waals surface area contributed by atoms with Crippen molar-refractivity contribution in [3.05, 3.63) is 60.2 Å². The molecule has 0 aliphatic rings. The second kappa shape index (κ2) is 5.52. The van der Waals surface area contributed by atoms with Crippen LogP contribution in [0.3, 0.4) is 0 Å². The van der Waals surface area contributed by atoms with Gasteiger partial charge < -0.3 is 9.30 Å². The van der Waals surface area contributed by atoms with Gasteiger partial charge in [-0.1, -0.05) is 24.8 Å². The summed E-state index contributed by atoms with van der Waals surface area (Å²) in [5, 5.41) is 0. The molecule has 98 valence electrons. The number of carbonyl (C=O) groups excluding carboxylic acids is 1. The van der Waals surface area contributed by atoms with E-state index in [1.165, 1.54) is 0 Å². The van der Waals surface area contributed by atoms with Crippen molar-refractivity contribution in [3.8, 4) is 5.69 Å². The Bertz CT molecular complexity index is 600. The standard InChI is InChI=1S/C15H16N2O2/c1-11(2)15(18)19-10-14-16-12(3)9-17(14)13-7-5-4-6-8-13/h4-9H,1,10H2,2-3H3. The highest BCUT2D eigenvalue weighted by atomic mass is 16.5. The van der Waals surface area contributed by atoms with Crippen LogP contribution in [0.2, 0.25) is 0 Å². The molecule has 4 heteroatoms. The molecule has 0 radical (unpaired) electrons. The summed E-state index contributed by atoms with van der Waals surface area (Å²) < 4.78 is 7.06. The maximum absolute atomic E-state index is 11.4. The summed E-state index contributed by atoms with van der Waals surface area (Å²) in [6.07, 6.45) is 1.92. The number of imidazole rings is 1. The lowest BCUT2D eigenvalue weighted by Crippen LogP contribution is -2.08. The van der Waals surface area contributed by atoms with Crippen molar-refractivity contribution in [2.75, 3.05) is 0 Å². The van der Waals surface area contributed by atoms with Gasteiger partial charge in [-0.2, -0.15) is 0 Å². The van der Waals surface area contributed by atoms with Crippen molar-refractivity contribution in [3.63, 3.8) is 0 Å². The number of rotatable bonds is 4. The van der Waals surface area contributed by atoms with Crippen LogP contribution in [0.5, 0.6) is 0 Å². The number of nitrogens with zero attached hydrogens (tertiary/aromatic N) is 2. The quantitative estimate of drug-likeness (QED) is 0.624. The fraction of sp³-hybridized carbons (Fsp3) is 0.200. The first kappa shape index (κ1) is 13.1. The molecule has 19 heavy (non-hydrogen) atoms. The van der Waals surface area contributed by atoms with Gasteiger partial charge >= 0.3 is 5.97 Å². The molecule has 0 amide bonds. The van der Waals surface area contributed by atoms with Crippen LogP contribution in [0, 0.1) is 6.92 Å². The Balaban J connectivity index is 2.22. The van der Waals surface area contributed by atoms with Gasteiger partial charge in [0.05, 0.1) is 5.69 Å². The Morgan fingerprint density at radius 2 is 2.05 bits per heavy atom. The van der Waals surface area contributed by atoms with Gasteiger partial charge in [0.15, 0.2) is 5.82 Å². The molecule has 0 fully saturated rings. The summed E-state index contributed by atoms with van der Waals surface area (Å²) in [6.45, 7) is 7.21. The number of hydrogen-bond donors (Lipinski definition) is 0. The largest absolute Gasteiger partial charge is 0.454 e.